The highest BCUT2D eigenvalue weighted by atomic mass is 16.5. The van der Waals surface area contributed by atoms with Crippen LogP contribution in [-0.4, -0.2) is 54.7 Å². The first kappa shape index (κ1) is 21.1. The summed E-state index contributed by atoms with van der Waals surface area (Å²) in [6.45, 7) is 6.47. The lowest BCUT2D eigenvalue weighted by Gasteiger charge is -2.34. The van der Waals surface area contributed by atoms with Gasteiger partial charge in [-0.1, -0.05) is 19.3 Å². The molecule has 3 aromatic heterocycles. The number of aromatic nitrogens is 5. The average Bonchev–Trinajstić information content (AvgIpc) is 3.37. The molecule has 4 heterocycles. The molecule has 2 fully saturated rings. The molecule has 8 heteroatoms. The second-order valence-corrected chi connectivity index (χ2v) is 9.18. The third-order valence-corrected chi connectivity index (χ3v) is 7.03. The molecule has 3 aromatic rings. The Labute approximate surface area is 188 Å². The minimum Gasteiger partial charge on any atom is -0.368 e. The van der Waals surface area contributed by atoms with Crippen LogP contribution in [-0.2, 0) is 16.1 Å². The van der Waals surface area contributed by atoms with Crippen molar-refractivity contribution in [3.05, 3.63) is 47.4 Å². The van der Waals surface area contributed by atoms with Gasteiger partial charge in [0, 0.05) is 37.1 Å². The number of amides is 1. The Bertz CT molecular complexity index is 1100. The zero-order valence-corrected chi connectivity index (χ0v) is 19.0. The normalized spacial score (nSPS) is 20.2. The van der Waals surface area contributed by atoms with E-state index >= 15 is 0 Å². The maximum Gasteiger partial charge on any atom is 0.223 e. The van der Waals surface area contributed by atoms with Crippen molar-refractivity contribution in [2.45, 2.75) is 65.0 Å². The summed E-state index contributed by atoms with van der Waals surface area (Å²) in [4.78, 5) is 23.9. The van der Waals surface area contributed by atoms with Gasteiger partial charge < -0.3 is 14.2 Å². The van der Waals surface area contributed by atoms with Crippen LogP contribution in [0.15, 0.2) is 24.7 Å². The summed E-state index contributed by atoms with van der Waals surface area (Å²) in [7, 11) is 0. The highest BCUT2D eigenvalue weighted by molar-refractivity contribution is 5.76. The van der Waals surface area contributed by atoms with Crippen LogP contribution in [0.3, 0.4) is 0 Å². The van der Waals surface area contributed by atoms with E-state index in [9.17, 15) is 4.79 Å². The molecule has 0 N–H and O–H groups in total. The quantitative estimate of drug-likeness (QED) is 0.612. The molecule has 1 atom stereocenters. The van der Waals surface area contributed by atoms with E-state index in [0.29, 0.717) is 38.6 Å². The number of hydrogen-bond acceptors (Lipinski definition) is 5. The van der Waals surface area contributed by atoms with Crippen molar-refractivity contribution in [2.75, 3.05) is 19.7 Å². The molecule has 2 aliphatic rings. The van der Waals surface area contributed by atoms with E-state index in [0.717, 1.165) is 28.4 Å². The van der Waals surface area contributed by atoms with Gasteiger partial charge in [0.2, 0.25) is 5.91 Å². The molecule has 1 aliphatic carbocycles. The lowest BCUT2D eigenvalue weighted by atomic mass is 9.86. The lowest BCUT2D eigenvalue weighted by molar-refractivity contribution is -0.140. The fourth-order valence-corrected chi connectivity index (χ4v) is 5.11. The maximum atomic E-state index is 13.0. The first-order chi connectivity index (χ1) is 15.6. The van der Waals surface area contributed by atoms with Gasteiger partial charge in [0.15, 0.2) is 5.65 Å². The summed E-state index contributed by atoms with van der Waals surface area (Å²) in [5.74, 6) is 1.78. The third-order valence-electron chi connectivity index (χ3n) is 7.03. The van der Waals surface area contributed by atoms with Crippen LogP contribution in [0.2, 0.25) is 0 Å². The number of morpholine rings is 1. The number of nitrogens with zero attached hydrogens (tertiary/aromatic N) is 6. The summed E-state index contributed by atoms with van der Waals surface area (Å²) in [5, 5.41) is 4.80. The maximum absolute atomic E-state index is 13.0. The Hall–Kier alpha value is -2.74. The standard InChI is InChI=1S/C24H32N6O2/c1-17-20(15-28-11-10-25-18(28)2)24-26-9-8-21(30(24)27-17)22-16-29(12-13-32-22)23(31)14-19-6-4-3-5-7-19/h8-11,19,22H,3-7,12-16H2,1-2H3. The minimum absolute atomic E-state index is 0.202. The van der Waals surface area contributed by atoms with Gasteiger partial charge in [-0.05, 0) is 38.7 Å². The topological polar surface area (TPSA) is 77.5 Å². The Morgan fingerprint density at radius 3 is 2.78 bits per heavy atom. The van der Waals surface area contributed by atoms with Gasteiger partial charge in [-0.2, -0.15) is 5.10 Å². The first-order valence-electron chi connectivity index (χ1n) is 11.8. The van der Waals surface area contributed by atoms with E-state index in [1.807, 2.05) is 47.9 Å². The number of aryl methyl sites for hydroxylation is 2. The van der Waals surface area contributed by atoms with Crippen LogP contribution in [0.1, 0.15) is 67.4 Å². The number of hydrogen-bond donors (Lipinski definition) is 0. The van der Waals surface area contributed by atoms with Crippen molar-refractivity contribution in [1.29, 1.82) is 0 Å². The van der Waals surface area contributed by atoms with Gasteiger partial charge in [-0.25, -0.2) is 14.5 Å². The smallest absolute Gasteiger partial charge is 0.223 e. The van der Waals surface area contributed by atoms with Crippen LogP contribution >= 0.6 is 0 Å². The molecule has 32 heavy (non-hydrogen) atoms. The molecule has 1 saturated heterocycles. The van der Waals surface area contributed by atoms with E-state index < -0.39 is 0 Å². The van der Waals surface area contributed by atoms with Crippen molar-refractivity contribution < 1.29 is 9.53 Å². The molecule has 1 aliphatic heterocycles. The van der Waals surface area contributed by atoms with Crippen LogP contribution in [0, 0.1) is 19.8 Å². The molecule has 0 radical (unpaired) electrons. The fraction of sp³-hybridized carbons (Fsp3) is 0.583. The van der Waals surface area contributed by atoms with Gasteiger partial charge in [0.05, 0.1) is 31.1 Å². The molecule has 5 rings (SSSR count). The molecular weight excluding hydrogens is 404 g/mol. The SMILES string of the molecule is Cc1nn2c(C3CN(C(=O)CC4CCCCC4)CCO3)ccnc2c1Cn1ccnc1C. The van der Waals surface area contributed by atoms with Crippen LogP contribution in [0.25, 0.3) is 5.65 Å². The van der Waals surface area contributed by atoms with Crippen LogP contribution in [0.5, 0.6) is 0 Å². The molecule has 1 unspecified atom stereocenters. The molecule has 170 valence electrons. The average molecular weight is 437 g/mol. The highest BCUT2D eigenvalue weighted by Crippen LogP contribution is 2.29. The summed E-state index contributed by atoms with van der Waals surface area (Å²) < 4.78 is 10.1. The number of rotatable bonds is 5. The van der Waals surface area contributed by atoms with Crippen molar-refractivity contribution in [3.63, 3.8) is 0 Å². The van der Waals surface area contributed by atoms with Crippen LogP contribution < -0.4 is 0 Å². The molecule has 0 bridgehead atoms. The third kappa shape index (κ3) is 4.16. The highest BCUT2D eigenvalue weighted by Gasteiger charge is 2.29. The van der Waals surface area contributed by atoms with Gasteiger partial charge in [-0.3, -0.25) is 4.79 Å². The van der Waals surface area contributed by atoms with Crippen LogP contribution in [0.4, 0.5) is 0 Å². The molecule has 1 saturated carbocycles. The first-order valence-corrected chi connectivity index (χ1v) is 11.8. The number of imidazole rings is 1. The van der Waals surface area contributed by atoms with Crippen molar-refractivity contribution in [2.24, 2.45) is 5.92 Å². The molecular formula is C24H32N6O2. The van der Waals surface area contributed by atoms with E-state index in [1.54, 1.807) is 0 Å². The molecule has 0 spiro atoms. The Balaban J connectivity index is 1.36. The van der Waals surface area contributed by atoms with Crippen molar-refractivity contribution in [3.8, 4) is 0 Å². The minimum atomic E-state index is -0.202. The van der Waals surface area contributed by atoms with Crippen molar-refractivity contribution >= 4 is 11.6 Å². The zero-order valence-electron chi connectivity index (χ0n) is 19.0. The predicted octanol–water partition coefficient (Wildman–Crippen LogP) is 3.46. The van der Waals surface area contributed by atoms with E-state index in [-0.39, 0.29) is 12.0 Å². The largest absolute Gasteiger partial charge is 0.368 e. The summed E-state index contributed by atoms with van der Waals surface area (Å²) in [5.41, 5.74) is 3.80. The van der Waals surface area contributed by atoms with Gasteiger partial charge in [0.25, 0.3) is 0 Å². The molecule has 8 nitrogen and oxygen atoms in total. The Morgan fingerprint density at radius 2 is 2.00 bits per heavy atom. The van der Waals surface area contributed by atoms with Gasteiger partial charge >= 0.3 is 0 Å². The Morgan fingerprint density at radius 1 is 1.16 bits per heavy atom. The molecule has 0 aromatic carbocycles. The van der Waals surface area contributed by atoms with E-state index in [2.05, 4.69) is 14.5 Å². The predicted molar refractivity (Wildman–Crippen MR) is 120 cm³/mol. The van der Waals surface area contributed by atoms with Gasteiger partial charge in [0.1, 0.15) is 11.9 Å². The number of carbonyl (C=O) groups is 1. The van der Waals surface area contributed by atoms with E-state index in [1.165, 1.54) is 32.1 Å². The number of carbonyl (C=O) groups excluding carboxylic acids is 1. The number of ether oxygens (including phenoxy) is 1. The summed E-state index contributed by atoms with van der Waals surface area (Å²) in [6.07, 6.45) is 12.3. The monoisotopic (exact) mass is 436 g/mol. The second-order valence-electron chi connectivity index (χ2n) is 9.18. The van der Waals surface area contributed by atoms with Crippen molar-refractivity contribution in [1.82, 2.24) is 29.0 Å². The summed E-state index contributed by atoms with van der Waals surface area (Å²) in [6, 6.07) is 1.96. The second kappa shape index (κ2) is 9.02. The fourth-order valence-electron chi connectivity index (χ4n) is 5.11. The lowest BCUT2D eigenvalue weighted by Crippen LogP contribution is -2.43. The van der Waals surface area contributed by atoms with E-state index in [4.69, 9.17) is 9.84 Å². The number of fused-ring (bicyclic) bond motifs is 1. The Kier molecular flexibility index (Phi) is 5.95. The summed E-state index contributed by atoms with van der Waals surface area (Å²) >= 11 is 0. The van der Waals surface area contributed by atoms with Gasteiger partial charge in [-0.15, -0.1) is 0 Å². The zero-order chi connectivity index (χ0) is 22.1. The molecule has 1 amide bonds.